The first-order chi connectivity index (χ1) is 14.3. The molecule has 0 saturated carbocycles. The van der Waals surface area contributed by atoms with Crippen LogP contribution in [-0.2, 0) is 0 Å². The fourth-order valence-electron chi connectivity index (χ4n) is 4.38. The lowest BCUT2D eigenvalue weighted by Gasteiger charge is -2.35. The molecule has 1 fully saturated rings. The Morgan fingerprint density at radius 2 is 1.50 bits per heavy atom. The number of benzene rings is 3. The summed E-state index contributed by atoms with van der Waals surface area (Å²) in [5.74, 6) is 0. The van der Waals surface area contributed by atoms with Crippen molar-refractivity contribution in [3.8, 4) is 0 Å². The summed E-state index contributed by atoms with van der Waals surface area (Å²) in [6.07, 6.45) is 0. The summed E-state index contributed by atoms with van der Waals surface area (Å²) in [4.78, 5) is 21.1. The van der Waals surface area contributed by atoms with Crippen molar-refractivity contribution in [2.24, 2.45) is 0 Å². The molecular weight excluding hydrogens is 370 g/mol. The molecule has 1 atom stereocenters. The first-order valence-corrected chi connectivity index (χ1v) is 10.1. The highest BCUT2D eigenvalue weighted by Gasteiger charge is 2.53. The fourth-order valence-corrected chi connectivity index (χ4v) is 4.38. The van der Waals surface area contributed by atoms with E-state index in [4.69, 9.17) is 6.57 Å². The van der Waals surface area contributed by atoms with Gasteiger partial charge in [-0.3, -0.25) is 9.80 Å². The second-order valence-corrected chi connectivity index (χ2v) is 8.42. The number of hydrogen-bond acceptors (Lipinski definition) is 1. The minimum absolute atomic E-state index is 0.0640. The molecule has 2 amide bonds. The zero-order valence-electron chi connectivity index (χ0n) is 17.8. The van der Waals surface area contributed by atoms with E-state index < -0.39 is 5.54 Å². The number of anilines is 2. The zero-order valence-corrected chi connectivity index (χ0v) is 17.8. The third-order valence-electron chi connectivity index (χ3n) is 5.81. The van der Waals surface area contributed by atoms with Gasteiger partial charge in [-0.15, -0.1) is 0 Å². The van der Waals surface area contributed by atoms with Gasteiger partial charge in [-0.05, 0) is 57.5 Å². The van der Waals surface area contributed by atoms with Crippen LogP contribution in [0, 0.1) is 20.4 Å². The number of amides is 2. The lowest BCUT2D eigenvalue weighted by molar-refractivity contribution is 0.254. The Hall–Kier alpha value is -3.58. The van der Waals surface area contributed by atoms with E-state index in [1.807, 2.05) is 59.2 Å². The van der Waals surface area contributed by atoms with E-state index in [-0.39, 0.29) is 12.1 Å². The number of carbonyl (C=O) groups excluding carboxylic acids is 1. The van der Waals surface area contributed by atoms with Crippen molar-refractivity contribution in [3.63, 3.8) is 0 Å². The first-order valence-electron chi connectivity index (χ1n) is 10.1. The van der Waals surface area contributed by atoms with Crippen molar-refractivity contribution < 1.29 is 4.79 Å². The van der Waals surface area contributed by atoms with E-state index in [2.05, 4.69) is 43.8 Å². The van der Waals surface area contributed by atoms with Crippen LogP contribution in [0.5, 0.6) is 0 Å². The summed E-state index contributed by atoms with van der Waals surface area (Å²) in [5.41, 5.74) is 5.16. The average Bonchev–Trinajstić information content (AvgIpc) is 2.94. The molecule has 4 nitrogen and oxygen atoms in total. The van der Waals surface area contributed by atoms with E-state index in [9.17, 15) is 4.79 Å². The van der Waals surface area contributed by atoms with Gasteiger partial charge in [0, 0.05) is 11.4 Å². The molecule has 3 aromatic rings. The van der Waals surface area contributed by atoms with Crippen LogP contribution in [0.3, 0.4) is 0 Å². The van der Waals surface area contributed by atoms with E-state index in [1.54, 1.807) is 12.1 Å². The van der Waals surface area contributed by atoms with E-state index in [1.165, 1.54) is 0 Å². The number of nitrogens with zero attached hydrogens (tertiary/aromatic N) is 3. The van der Waals surface area contributed by atoms with Crippen LogP contribution in [0.25, 0.3) is 4.85 Å². The summed E-state index contributed by atoms with van der Waals surface area (Å²) in [6.45, 7) is 15.6. The van der Waals surface area contributed by atoms with Gasteiger partial charge in [-0.2, -0.15) is 0 Å². The number of aryl methyl sites for hydroxylation is 2. The van der Waals surface area contributed by atoms with Gasteiger partial charge in [0.05, 0.1) is 18.2 Å². The van der Waals surface area contributed by atoms with E-state index in [0.29, 0.717) is 5.69 Å². The summed E-state index contributed by atoms with van der Waals surface area (Å²) in [6, 6.07) is 23.5. The predicted octanol–water partition coefficient (Wildman–Crippen LogP) is 6.82. The third-order valence-corrected chi connectivity index (χ3v) is 5.81. The number of urea groups is 1. The highest BCUT2D eigenvalue weighted by atomic mass is 16.2. The Morgan fingerprint density at radius 3 is 2.10 bits per heavy atom. The summed E-state index contributed by atoms with van der Waals surface area (Å²) >= 11 is 0. The molecule has 1 aliphatic heterocycles. The van der Waals surface area contributed by atoms with Gasteiger partial charge in [0.25, 0.3) is 0 Å². The maximum Gasteiger partial charge on any atom is 0.330 e. The Kier molecular flexibility index (Phi) is 4.83. The lowest BCUT2D eigenvalue weighted by Crippen LogP contribution is -2.43. The number of carbonyl (C=O) groups is 1. The van der Waals surface area contributed by atoms with Gasteiger partial charge < -0.3 is 0 Å². The Bertz CT molecular complexity index is 1120. The maximum atomic E-state index is 13.8. The summed E-state index contributed by atoms with van der Waals surface area (Å²) < 4.78 is 0. The minimum Gasteiger partial charge on any atom is -0.286 e. The Labute approximate surface area is 178 Å². The van der Waals surface area contributed by atoms with Crippen LogP contribution < -0.4 is 9.80 Å². The molecule has 1 heterocycles. The SMILES string of the molecule is [C-]#[N+]c1ccc(N2C(=O)N(c3ccc(C)cc3)C(C)(C)[C@H]2c2cccc(C)c2)cc1. The second-order valence-electron chi connectivity index (χ2n) is 8.42. The largest absolute Gasteiger partial charge is 0.330 e. The topological polar surface area (TPSA) is 27.9 Å². The van der Waals surface area contributed by atoms with Crippen molar-refractivity contribution in [2.45, 2.75) is 39.3 Å². The molecule has 0 N–H and O–H groups in total. The minimum atomic E-state index is -0.487. The molecule has 4 rings (SSSR count). The lowest BCUT2D eigenvalue weighted by atomic mass is 9.87. The van der Waals surface area contributed by atoms with Crippen molar-refractivity contribution in [2.75, 3.05) is 9.80 Å². The monoisotopic (exact) mass is 395 g/mol. The van der Waals surface area contributed by atoms with Crippen LogP contribution >= 0.6 is 0 Å². The highest BCUT2D eigenvalue weighted by Crippen LogP contribution is 2.47. The molecule has 30 heavy (non-hydrogen) atoms. The average molecular weight is 396 g/mol. The zero-order chi connectivity index (χ0) is 21.5. The Balaban J connectivity index is 1.89. The van der Waals surface area contributed by atoms with Crippen molar-refractivity contribution in [1.29, 1.82) is 0 Å². The quantitative estimate of drug-likeness (QED) is 0.447. The molecule has 0 aliphatic carbocycles. The van der Waals surface area contributed by atoms with E-state index in [0.717, 1.165) is 28.1 Å². The Morgan fingerprint density at radius 1 is 0.867 bits per heavy atom. The fraction of sp³-hybridized carbons (Fsp3) is 0.231. The molecule has 0 radical (unpaired) electrons. The molecule has 1 saturated heterocycles. The van der Waals surface area contributed by atoms with Crippen molar-refractivity contribution in [1.82, 2.24) is 0 Å². The first kappa shape index (κ1) is 19.7. The smallest absolute Gasteiger partial charge is 0.286 e. The highest BCUT2D eigenvalue weighted by molar-refractivity contribution is 6.08. The van der Waals surface area contributed by atoms with Gasteiger partial charge >= 0.3 is 6.03 Å². The molecule has 0 aromatic heterocycles. The predicted molar refractivity (Wildman–Crippen MR) is 122 cm³/mol. The van der Waals surface area contributed by atoms with E-state index >= 15 is 0 Å². The van der Waals surface area contributed by atoms with Gasteiger partial charge in [0.2, 0.25) is 0 Å². The molecule has 3 aromatic carbocycles. The van der Waals surface area contributed by atoms with Crippen LogP contribution in [0.4, 0.5) is 21.9 Å². The number of hydrogen-bond donors (Lipinski definition) is 0. The molecule has 0 spiro atoms. The van der Waals surface area contributed by atoms with Gasteiger partial charge in [-0.25, -0.2) is 9.64 Å². The molecule has 4 heteroatoms. The molecular formula is C26H25N3O. The molecule has 0 unspecified atom stereocenters. The van der Waals surface area contributed by atoms with Crippen molar-refractivity contribution in [3.05, 3.63) is 101 Å². The van der Waals surface area contributed by atoms with Gasteiger partial charge in [0.15, 0.2) is 5.69 Å². The number of rotatable bonds is 3. The summed E-state index contributed by atoms with van der Waals surface area (Å²) in [7, 11) is 0. The standard InChI is InChI=1S/C26H25N3O/c1-18-9-13-23(14-10-18)29-25(30)28(22-15-11-21(27-5)12-16-22)24(26(29,3)4)20-8-6-7-19(2)17-20/h6-17,24H,1-4H3/t24-/m1/s1. The summed E-state index contributed by atoms with van der Waals surface area (Å²) in [5, 5.41) is 0. The van der Waals surface area contributed by atoms with Crippen LogP contribution in [-0.4, -0.2) is 11.6 Å². The van der Waals surface area contributed by atoms with Crippen LogP contribution in [0.15, 0.2) is 72.8 Å². The van der Waals surface area contributed by atoms with Gasteiger partial charge in [0.1, 0.15) is 0 Å². The maximum absolute atomic E-state index is 13.8. The second kappa shape index (κ2) is 7.35. The third kappa shape index (κ3) is 3.23. The molecule has 150 valence electrons. The van der Waals surface area contributed by atoms with Crippen LogP contribution in [0.1, 0.15) is 36.6 Å². The normalized spacial score (nSPS) is 17.8. The van der Waals surface area contributed by atoms with Gasteiger partial charge in [-0.1, -0.05) is 59.7 Å². The molecule has 1 aliphatic rings. The molecule has 0 bridgehead atoms. The van der Waals surface area contributed by atoms with Crippen molar-refractivity contribution >= 4 is 23.1 Å². The van der Waals surface area contributed by atoms with Crippen LogP contribution in [0.2, 0.25) is 0 Å².